The average Bonchev–Trinajstić information content (AvgIpc) is 3.36. The lowest BCUT2D eigenvalue weighted by molar-refractivity contribution is 0.177. The van der Waals surface area contributed by atoms with Crippen molar-refractivity contribution in [2.75, 3.05) is 20.3 Å². The molecule has 2 aromatic heterocycles. The number of methoxy groups -OCH3 is 1. The third-order valence-corrected chi connectivity index (χ3v) is 6.25. The predicted molar refractivity (Wildman–Crippen MR) is 123 cm³/mol. The molecule has 1 fully saturated rings. The van der Waals surface area contributed by atoms with Crippen LogP contribution in [0.15, 0.2) is 59.1 Å². The maximum Gasteiger partial charge on any atom is 0.170 e. The number of thiocarbonyl (C=S) groups is 1. The molecule has 2 atom stereocenters. The number of aromatic nitrogens is 1. The molecular weight excluding hydrogens is 441 g/mol. The molecule has 1 N–H and O–H groups in total. The maximum atomic E-state index is 6.40. The van der Waals surface area contributed by atoms with Gasteiger partial charge in [0.15, 0.2) is 5.11 Å². The van der Waals surface area contributed by atoms with Crippen LogP contribution in [-0.4, -0.2) is 35.3 Å². The summed E-state index contributed by atoms with van der Waals surface area (Å²) in [6.45, 7) is 1.39. The maximum absolute atomic E-state index is 6.40. The summed E-state index contributed by atoms with van der Waals surface area (Å²) in [4.78, 5) is 6.67. The molecule has 0 saturated carbocycles. The van der Waals surface area contributed by atoms with Gasteiger partial charge in [-0.1, -0.05) is 35.3 Å². The lowest BCUT2D eigenvalue weighted by Crippen LogP contribution is -2.31. The topological polar surface area (TPSA) is 50.5 Å². The summed E-state index contributed by atoms with van der Waals surface area (Å²) < 4.78 is 11.5. The Bertz CT molecular complexity index is 1030. The van der Waals surface area contributed by atoms with Gasteiger partial charge in [0.2, 0.25) is 0 Å². The first kappa shape index (κ1) is 21.1. The Morgan fingerprint density at radius 3 is 2.80 bits per heavy atom. The van der Waals surface area contributed by atoms with Crippen LogP contribution in [0, 0.1) is 0 Å². The zero-order valence-electron chi connectivity index (χ0n) is 16.3. The van der Waals surface area contributed by atoms with Crippen molar-refractivity contribution in [1.29, 1.82) is 0 Å². The standard InChI is InChI=1S/C22H21Cl2N3O2S/c1-28-13-5-12-27-21(20(26-22(27)30)16-8-2-3-11-25-16)18-10-9-17(29-18)14-6-4-7-15(23)19(14)24/h2-4,6-11,20-21H,5,12-13H2,1H3,(H,26,30)/t20-,21+/m1/s1. The van der Waals surface area contributed by atoms with E-state index in [-0.39, 0.29) is 12.1 Å². The number of pyridine rings is 1. The molecule has 0 aliphatic carbocycles. The van der Waals surface area contributed by atoms with Gasteiger partial charge in [-0.2, -0.15) is 0 Å². The van der Waals surface area contributed by atoms with Crippen LogP contribution >= 0.6 is 35.4 Å². The summed E-state index contributed by atoms with van der Waals surface area (Å²) in [6.07, 6.45) is 2.63. The Morgan fingerprint density at radius 1 is 1.17 bits per heavy atom. The largest absolute Gasteiger partial charge is 0.459 e. The summed E-state index contributed by atoms with van der Waals surface area (Å²) in [5.74, 6) is 1.44. The van der Waals surface area contributed by atoms with E-state index in [0.29, 0.717) is 27.5 Å². The number of halogens is 2. The number of nitrogens with zero attached hydrogens (tertiary/aromatic N) is 2. The molecule has 0 amide bonds. The monoisotopic (exact) mass is 461 g/mol. The minimum absolute atomic E-state index is 0.130. The van der Waals surface area contributed by atoms with Gasteiger partial charge in [-0.25, -0.2) is 0 Å². The fourth-order valence-corrected chi connectivity index (χ4v) is 4.41. The van der Waals surface area contributed by atoms with Gasteiger partial charge in [0.1, 0.15) is 17.6 Å². The SMILES string of the molecule is COCCCN1C(=S)N[C@H](c2ccccn2)[C@@H]1c1ccc(-c2cccc(Cl)c2Cl)o1. The van der Waals surface area contributed by atoms with Crippen LogP contribution in [0.2, 0.25) is 10.0 Å². The van der Waals surface area contributed by atoms with Gasteiger partial charge in [-0.3, -0.25) is 4.98 Å². The first-order valence-corrected chi connectivity index (χ1v) is 10.8. The molecule has 156 valence electrons. The number of furan rings is 1. The molecule has 4 rings (SSSR count). The average molecular weight is 462 g/mol. The number of hydrogen-bond donors (Lipinski definition) is 1. The van der Waals surface area contributed by atoms with E-state index in [1.165, 1.54) is 0 Å². The minimum Gasteiger partial charge on any atom is -0.459 e. The minimum atomic E-state index is -0.143. The molecule has 1 saturated heterocycles. The Balaban J connectivity index is 1.71. The fourth-order valence-electron chi connectivity index (χ4n) is 3.69. The zero-order valence-corrected chi connectivity index (χ0v) is 18.7. The van der Waals surface area contributed by atoms with Crippen molar-refractivity contribution < 1.29 is 9.15 Å². The third kappa shape index (κ3) is 4.18. The summed E-state index contributed by atoms with van der Waals surface area (Å²) in [6, 6.07) is 15.0. The van der Waals surface area contributed by atoms with E-state index in [1.807, 2.05) is 42.5 Å². The first-order valence-electron chi connectivity index (χ1n) is 9.61. The number of rotatable bonds is 7. The van der Waals surface area contributed by atoms with Crippen LogP contribution in [0.1, 0.15) is 30.0 Å². The first-order chi connectivity index (χ1) is 14.6. The molecule has 0 unspecified atom stereocenters. The van der Waals surface area contributed by atoms with E-state index >= 15 is 0 Å². The molecule has 30 heavy (non-hydrogen) atoms. The van der Waals surface area contributed by atoms with Crippen molar-refractivity contribution in [2.24, 2.45) is 0 Å². The van der Waals surface area contributed by atoms with E-state index < -0.39 is 0 Å². The molecule has 3 heterocycles. The van der Waals surface area contributed by atoms with Crippen LogP contribution in [0.3, 0.4) is 0 Å². The second kappa shape index (κ2) is 9.35. The quantitative estimate of drug-likeness (QED) is 0.361. The van der Waals surface area contributed by atoms with E-state index in [1.54, 1.807) is 19.4 Å². The molecule has 0 spiro atoms. The molecule has 5 nitrogen and oxygen atoms in total. The van der Waals surface area contributed by atoms with Crippen molar-refractivity contribution >= 4 is 40.5 Å². The molecule has 3 aromatic rings. The van der Waals surface area contributed by atoms with Crippen LogP contribution < -0.4 is 5.32 Å². The van der Waals surface area contributed by atoms with Crippen molar-refractivity contribution in [2.45, 2.75) is 18.5 Å². The smallest absolute Gasteiger partial charge is 0.170 e. The second-order valence-electron chi connectivity index (χ2n) is 6.97. The number of ether oxygens (including phenoxy) is 1. The highest BCUT2D eigenvalue weighted by Gasteiger charge is 2.41. The van der Waals surface area contributed by atoms with Crippen molar-refractivity contribution in [3.63, 3.8) is 0 Å². The molecule has 1 aromatic carbocycles. The van der Waals surface area contributed by atoms with E-state index in [9.17, 15) is 0 Å². The summed E-state index contributed by atoms with van der Waals surface area (Å²) >= 11 is 18.2. The normalized spacial score (nSPS) is 18.6. The van der Waals surface area contributed by atoms with Crippen molar-refractivity contribution in [3.8, 4) is 11.3 Å². The summed E-state index contributed by atoms with van der Waals surface area (Å²) in [7, 11) is 1.70. The number of hydrogen-bond acceptors (Lipinski definition) is 4. The lowest BCUT2D eigenvalue weighted by atomic mass is 10.0. The molecule has 1 aliphatic heterocycles. The molecular formula is C22H21Cl2N3O2S. The summed E-state index contributed by atoms with van der Waals surface area (Å²) in [5, 5.41) is 5.04. The van der Waals surface area contributed by atoms with Crippen LogP contribution in [0.25, 0.3) is 11.3 Å². The van der Waals surface area contributed by atoms with Gasteiger partial charge in [0.25, 0.3) is 0 Å². The van der Waals surface area contributed by atoms with Gasteiger partial charge >= 0.3 is 0 Å². The Kier molecular flexibility index (Phi) is 6.58. The highest BCUT2D eigenvalue weighted by atomic mass is 35.5. The number of benzene rings is 1. The van der Waals surface area contributed by atoms with E-state index in [2.05, 4.69) is 15.2 Å². The molecule has 1 aliphatic rings. The predicted octanol–water partition coefficient (Wildman–Crippen LogP) is 5.66. The van der Waals surface area contributed by atoms with E-state index in [0.717, 1.165) is 30.0 Å². The van der Waals surface area contributed by atoms with Crippen LogP contribution in [0.4, 0.5) is 0 Å². The fraction of sp³-hybridized carbons (Fsp3) is 0.273. The van der Waals surface area contributed by atoms with Gasteiger partial charge in [0.05, 0.1) is 21.8 Å². The molecule has 0 bridgehead atoms. The van der Waals surface area contributed by atoms with Crippen molar-refractivity contribution in [1.82, 2.24) is 15.2 Å². The highest BCUT2D eigenvalue weighted by Crippen LogP contribution is 2.42. The van der Waals surface area contributed by atoms with Crippen molar-refractivity contribution in [3.05, 3.63) is 76.2 Å². The second-order valence-corrected chi connectivity index (χ2v) is 8.14. The van der Waals surface area contributed by atoms with Crippen LogP contribution in [0.5, 0.6) is 0 Å². The molecule has 8 heteroatoms. The Morgan fingerprint density at radius 2 is 2.03 bits per heavy atom. The van der Waals surface area contributed by atoms with Gasteiger partial charge in [-0.05, 0) is 55.0 Å². The van der Waals surface area contributed by atoms with Gasteiger partial charge in [-0.15, -0.1) is 0 Å². The van der Waals surface area contributed by atoms with Gasteiger partial charge in [0, 0.05) is 32.0 Å². The lowest BCUT2D eigenvalue weighted by Gasteiger charge is -2.26. The van der Waals surface area contributed by atoms with Gasteiger partial charge < -0.3 is 19.4 Å². The van der Waals surface area contributed by atoms with Crippen LogP contribution in [-0.2, 0) is 4.74 Å². The Labute approximate surface area is 190 Å². The highest BCUT2D eigenvalue weighted by molar-refractivity contribution is 7.80. The third-order valence-electron chi connectivity index (χ3n) is 5.08. The zero-order chi connectivity index (χ0) is 21.1. The Hall–Kier alpha value is -2.12. The number of nitrogens with one attached hydrogen (secondary N) is 1. The molecule has 0 radical (unpaired) electrons. The summed E-state index contributed by atoms with van der Waals surface area (Å²) in [5.41, 5.74) is 1.65. The van der Waals surface area contributed by atoms with E-state index in [4.69, 9.17) is 44.6 Å².